The van der Waals surface area contributed by atoms with Crippen LogP contribution in [0, 0.1) is 0 Å². The second-order valence-electron chi connectivity index (χ2n) is 19.0. The quantitative estimate of drug-likeness (QED) is 0.0261. The highest BCUT2D eigenvalue weighted by Crippen LogP contribution is 2.23. The average Bonchev–Trinajstić information content (AvgIpc) is 3.27. The topological polar surface area (TPSA) is 149 Å². The highest BCUT2D eigenvalue weighted by molar-refractivity contribution is 5.76. The minimum absolute atomic E-state index is 0.184. The van der Waals surface area contributed by atoms with Crippen molar-refractivity contribution in [1.29, 1.82) is 0 Å². The summed E-state index contributed by atoms with van der Waals surface area (Å²) in [6, 6.07) is -0.797. The molecule has 0 aromatic carbocycles. The number of unbranched alkanes of at least 4 members (excludes halogenated alkanes) is 36. The number of carbonyl (C=O) groups excluding carboxylic acids is 1. The van der Waals surface area contributed by atoms with Crippen molar-refractivity contribution in [2.24, 2.45) is 0 Å². The maximum atomic E-state index is 12.8. The van der Waals surface area contributed by atoms with Crippen molar-refractivity contribution in [3.05, 3.63) is 12.2 Å². The lowest BCUT2D eigenvalue weighted by Crippen LogP contribution is -2.60. The van der Waals surface area contributed by atoms with Gasteiger partial charge in [-0.05, 0) is 19.3 Å². The largest absolute Gasteiger partial charge is 0.394 e. The molecule has 0 aromatic heterocycles. The van der Waals surface area contributed by atoms with Crippen molar-refractivity contribution in [1.82, 2.24) is 5.32 Å². The van der Waals surface area contributed by atoms with Crippen molar-refractivity contribution in [2.45, 2.75) is 307 Å². The van der Waals surface area contributed by atoms with Crippen molar-refractivity contribution >= 4 is 5.91 Å². The van der Waals surface area contributed by atoms with Gasteiger partial charge in [0.15, 0.2) is 6.29 Å². The second kappa shape index (κ2) is 43.8. The molecule has 0 aromatic rings. The van der Waals surface area contributed by atoms with E-state index in [-0.39, 0.29) is 12.5 Å². The summed E-state index contributed by atoms with van der Waals surface area (Å²) in [6.07, 6.45) is 46.3. The van der Waals surface area contributed by atoms with Gasteiger partial charge in [0, 0.05) is 6.42 Å². The van der Waals surface area contributed by atoms with Gasteiger partial charge in [0.2, 0.25) is 5.91 Å². The number of nitrogens with one attached hydrogen (secondary N) is 1. The smallest absolute Gasteiger partial charge is 0.220 e. The van der Waals surface area contributed by atoms with Crippen LogP contribution in [0.5, 0.6) is 0 Å². The first-order valence-electron chi connectivity index (χ1n) is 26.9. The number of aliphatic hydroxyl groups is 5. The van der Waals surface area contributed by atoms with E-state index in [1.54, 1.807) is 6.08 Å². The van der Waals surface area contributed by atoms with Gasteiger partial charge in [-0.25, -0.2) is 0 Å². The predicted octanol–water partition coefficient (Wildman–Crippen LogP) is 12.5. The normalized spacial score (nSPS) is 20.3. The van der Waals surface area contributed by atoms with Crippen LogP contribution in [0.15, 0.2) is 12.2 Å². The number of carbonyl (C=O) groups is 1. The van der Waals surface area contributed by atoms with E-state index >= 15 is 0 Å². The molecule has 0 radical (unpaired) electrons. The Morgan fingerprint density at radius 2 is 0.887 bits per heavy atom. The van der Waals surface area contributed by atoms with E-state index in [1.807, 2.05) is 6.08 Å². The van der Waals surface area contributed by atoms with E-state index in [9.17, 15) is 30.3 Å². The number of hydrogen-bond donors (Lipinski definition) is 6. The van der Waals surface area contributed by atoms with Crippen LogP contribution >= 0.6 is 0 Å². The third-order valence-electron chi connectivity index (χ3n) is 13.1. The number of hydrogen-bond acceptors (Lipinski definition) is 8. The maximum Gasteiger partial charge on any atom is 0.220 e. The highest BCUT2D eigenvalue weighted by atomic mass is 16.7. The van der Waals surface area contributed by atoms with Gasteiger partial charge in [0.25, 0.3) is 0 Å². The summed E-state index contributed by atoms with van der Waals surface area (Å²) in [5.74, 6) is -0.184. The van der Waals surface area contributed by atoms with Crippen LogP contribution in [0.1, 0.15) is 264 Å². The van der Waals surface area contributed by atoms with E-state index < -0.39 is 49.5 Å². The summed E-state index contributed by atoms with van der Waals surface area (Å²) in [7, 11) is 0. The zero-order valence-electron chi connectivity index (χ0n) is 40.6. The Morgan fingerprint density at radius 1 is 0.532 bits per heavy atom. The molecule has 7 unspecified atom stereocenters. The summed E-state index contributed by atoms with van der Waals surface area (Å²) in [5, 5.41) is 54.0. The molecule has 0 bridgehead atoms. The van der Waals surface area contributed by atoms with Gasteiger partial charge >= 0.3 is 0 Å². The number of amides is 1. The molecule has 62 heavy (non-hydrogen) atoms. The molecule has 1 saturated heterocycles. The summed E-state index contributed by atoms with van der Waals surface area (Å²) >= 11 is 0. The number of ether oxygens (including phenoxy) is 2. The maximum absolute atomic E-state index is 12.8. The van der Waals surface area contributed by atoms with E-state index in [2.05, 4.69) is 19.2 Å². The Labute approximate surface area is 382 Å². The fraction of sp³-hybridized carbons (Fsp3) is 0.943. The molecule has 1 rings (SSSR count). The molecule has 7 atom stereocenters. The third kappa shape index (κ3) is 33.4. The van der Waals surface area contributed by atoms with Gasteiger partial charge < -0.3 is 40.3 Å². The molecule has 9 nitrogen and oxygen atoms in total. The summed E-state index contributed by atoms with van der Waals surface area (Å²) < 4.78 is 11.2. The minimum atomic E-state index is -1.56. The Bertz CT molecular complexity index is 981. The standard InChI is InChI=1S/C53H103NO8/c1-3-5-7-9-11-12-13-14-15-16-17-18-19-20-21-22-23-24-25-26-27-28-29-30-31-32-33-34-35-36-37-38-40-42-47(56)46(54-49(57)43-41-39-10-8-6-4-2)45-61-53-52(60)51(59)50(58)48(44-55)62-53/h40,42,46-48,50-53,55-56,58-60H,3-39,41,43-45H2,1-2H3,(H,54,57)/b42-40+. The minimum Gasteiger partial charge on any atom is -0.394 e. The van der Waals surface area contributed by atoms with Gasteiger partial charge in [-0.3, -0.25) is 4.79 Å². The van der Waals surface area contributed by atoms with Crippen LogP contribution in [0.2, 0.25) is 0 Å². The van der Waals surface area contributed by atoms with Crippen LogP contribution in [-0.4, -0.2) is 87.5 Å². The monoisotopic (exact) mass is 882 g/mol. The predicted molar refractivity (Wildman–Crippen MR) is 258 cm³/mol. The zero-order chi connectivity index (χ0) is 45.1. The lowest BCUT2D eigenvalue weighted by molar-refractivity contribution is -0.302. The molecular formula is C53H103NO8. The van der Waals surface area contributed by atoms with Crippen molar-refractivity contribution in [3.63, 3.8) is 0 Å². The molecular weight excluding hydrogens is 779 g/mol. The molecule has 1 fully saturated rings. The molecule has 0 aliphatic carbocycles. The first-order valence-corrected chi connectivity index (χ1v) is 26.9. The van der Waals surface area contributed by atoms with Crippen LogP contribution in [-0.2, 0) is 14.3 Å². The molecule has 6 N–H and O–H groups in total. The molecule has 1 heterocycles. The van der Waals surface area contributed by atoms with Gasteiger partial charge in [0.1, 0.15) is 24.4 Å². The van der Waals surface area contributed by atoms with E-state index in [0.29, 0.717) is 6.42 Å². The molecule has 1 amide bonds. The van der Waals surface area contributed by atoms with Crippen molar-refractivity contribution in [3.8, 4) is 0 Å². The molecule has 9 heteroatoms. The highest BCUT2D eigenvalue weighted by Gasteiger charge is 2.44. The Hall–Kier alpha value is -1.07. The van der Waals surface area contributed by atoms with Gasteiger partial charge in [-0.2, -0.15) is 0 Å². The first-order chi connectivity index (χ1) is 30.3. The van der Waals surface area contributed by atoms with Crippen LogP contribution in [0.3, 0.4) is 0 Å². The van der Waals surface area contributed by atoms with Crippen molar-refractivity contribution in [2.75, 3.05) is 13.2 Å². The lowest BCUT2D eigenvalue weighted by atomic mass is 9.99. The van der Waals surface area contributed by atoms with E-state index in [0.717, 1.165) is 44.9 Å². The van der Waals surface area contributed by atoms with Crippen LogP contribution in [0.25, 0.3) is 0 Å². The van der Waals surface area contributed by atoms with Gasteiger partial charge in [-0.15, -0.1) is 0 Å². The third-order valence-corrected chi connectivity index (χ3v) is 13.1. The summed E-state index contributed by atoms with van der Waals surface area (Å²) in [4.78, 5) is 12.8. The Balaban J connectivity index is 2.04. The number of allylic oxidation sites excluding steroid dienone is 1. The fourth-order valence-corrected chi connectivity index (χ4v) is 8.81. The number of rotatable bonds is 46. The fourth-order valence-electron chi connectivity index (χ4n) is 8.81. The zero-order valence-corrected chi connectivity index (χ0v) is 40.6. The molecule has 0 saturated carbocycles. The molecule has 1 aliphatic heterocycles. The van der Waals surface area contributed by atoms with Crippen LogP contribution < -0.4 is 5.32 Å². The van der Waals surface area contributed by atoms with Crippen molar-refractivity contribution < 1.29 is 39.8 Å². The Morgan fingerprint density at radius 3 is 1.26 bits per heavy atom. The first kappa shape index (κ1) is 58.9. The van der Waals surface area contributed by atoms with E-state index in [1.165, 1.54) is 199 Å². The van der Waals surface area contributed by atoms with Gasteiger partial charge in [0.05, 0.1) is 25.4 Å². The molecule has 0 spiro atoms. The average molecular weight is 882 g/mol. The SMILES string of the molecule is CCCCCCCCCCCCCCCCCCCCCCCCCCCCCCCCC/C=C/C(O)C(COC1OC(CO)C(O)C(O)C1O)NC(=O)CCCCCCCC. The summed E-state index contributed by atoms with van der Waals surface area (Å²) in [6.45, 7) is 3.72. The van der Waals surface area contributed by atoms with Crippen LogP contribution in [0.4, 0.5) is 0 Å². The summed E-state index contributed by atoms with van der Waals surface area (Å²) in [5.41, 5.74) is 0. The van der Waals surface area contributed by atoms with Gasteiger partial charge in [-0.1, -0.05) is 251 Å². The lowest BCUT2D eigenvalue weighted by Gasteiger charge is -2.40. The molecule has 1 aliphatic rings. The van der Waals surface area contributed by atoms with E-state index in [4.69, 9.17) is 9.47 Å². The Kier molecular flexibility index (Phi) is 41.6. The second-order valence-corrected chi connectivity index (χ2v) is 19.0. The number of aliphatic hydroxyl groups excluding tert-OH is 5. The molecule has 368 valence electrons.